The predicted molar refractivity (Wildman–Crippen MR) is 125 cm³/mol. The fourth-order valence-electron chi connectivity index (χ4n) is 4.97. The van der Waals surface area contributed by atoms with Gasteiger partial charge in [-0.1, -0.05) is 23.3 Å². The number of piperidine rings is 1. The molecule has 0 bridgehead atoms. The summed E-state index contributed by atoms with van der Waals surface area (Å²) in [5, 5.41) is 0. The first-order valence-electron chi connectivity index (χ1n) is 11.7. The third-order valence-electron chi connectivity index (χ3n) is 6.66. The molecule has 5 nitrogen and oxygen atoms in total. The zero-order valence-electron chi connectivity index (χ0n) is 19.6. The smallest absolute Gasteiger partial charge is 0.368 e. The molecule has 1 unspecified atom stereocenters. The van der Waals surface area contributed by atoms with Crippen molar-refractivity contribution < 1.29 is 22.8 Å². The summed E-state index contributed by atoms with van der Waals surface area (Å²) in [5.41, 5.74) is 2.57. The Morgan fingerprint density at radius 2 is 1.56 bits per heavy atom. The van der Waals surface area contributed by atoms with Crippen molar-refractivity contribution in [1.29, 1.82) is 0 Å². The lowest BCUT2D eigenvalue weighted by Gasteiger charge is -2.40. The van der Waals surface area contributed by atoms with Crippen molar-refractivity contribution in [3.63, 3.8) is 0 Å². The summed E-state index contributed by atoms with van der Waals surface area (Å²) >= 11 is 0. The van der Waals surface area contributed by atoms with Crippen molar-refractivity contribution in [2.75, 3.05) is 44.2 Å². The van der Waals surface area contributed by atoms with Crippen molar-refractivity contribution in [2.45, 2.75) is 32.9 Å². The van der Waals surface area contributed by atoms with Gasteiger partial charge in [-0.2, -0.15) is 13.2 Å². The number of hydrogen-bond acceptors (Lipinski definition) is 3. The number of alkyl halides is 3. The van der Waals surface area contributed by atoms with Crippen LogP contribution in [0.25, 0.3) is 0 Å². The molecule has 2 heterocycles. The van der Waals surface area contributed by atoms with E-state index in [0.717, 1.165) is 36.1 Å². The minimum absolute atomic E-state index is 0.0293. The molecule has 2 saturated heterocycles. The Balaban J connectivity index is 1.36. The maximum atomic E-state index is 13.2. The van der Waals surface area contributed by atoms with E-state index in [9.17, 15) is 22.8 Å². The van der Waals surface area contributed by atoms with E-state index in [1.807, 2.05) is 36.9 Å². The molecule has 4 rings (SSSR count). The fraction of sp³-hybridized carbons (Fsp3) is 0.462. The van der Waals surface area contributed by atoms with E-state index in [4.69, 9.17) is 0 Å². The van der Waals surface area contributed by atoms with E-state index in [1.165, 1.54) is 6.07 Å². The molecule has 182 valence electrons. The number of hydrogen-bond donors (Lipinski definition) is 0. The second-order valence-electron chi connectivity index (χ2n) is 9.33. The first-order chi connectivity index (χ1) is 16.1. The number of benzene rings is 2. The number of anilines is 1. The summed E-state index contributed by atoms with van der Waals surface area (Å²) in [4.78, 5) is 31.7. The second-order valence-corrected chi connectivity index (χ2v) is 9.33. The van der Waals surface area contributed by atoms with Gasteiger partial charge in [0.1, 0.15) is 0 Å². The fourth-order valence-corrected chi connectivity index (χ4v) is 4.97. The Morgan fingerprint density at radius 3 is 2.21 bits per heavy atom. The minimum atomic E-state index is -4.38. The van der Waals surface area contributed by atoms with Crippen LogP contribution in [0.3, 0.4) is 0 Å². The van der Waals surface area contributed by atoms with Crippen LogP contribution in [0.2, 0.25) is 0 Å². The van der Waals surface area contributed by atoms with Crippen LogP contribution in [-0.4, -0.2) is 60.9 Å². The first kappa shape index (κ1) is 24.1. The molecule has 2 aromatic carbocycles. The number of nitrogens with zero attached hydrogens (tertiary/aromatic N) is 3. The van der Waals surface area contributed by atoms with E-state index in [-0.39, 0.29) is 17.7 Å². The second kappa shape index (κ2) is 9.68. The van der Waals surface area contributed by atoms with Gasteiger partial charge < -0.3 is 14.7 Å². The summed E-state index contributed by atoms with van der Waals surface area (Å²) in [5.74, 6) is -0.260. The summed E-state index contributed by atoms with van der Waals surface area (Å²) in [6.45, 7) is 6.83. The molecule has 1 atom stereocenters. The molecule has 0 aromatic heterocycles. The van der Waals surface area contributed by atoms with Crippen LogP contribution in [-0.2, 0) is 11.0 Å². The van der Waals surface area contributed by atoms with Gasteiger partial charge in [-0.3, -0.25) is 9.59 Å². The third kappa shape index (κ3) is 5.37. The van der Waals surface area contributed by atoms with Crippen LogP contribution in [0, 0.1) is 19.8 Å². The number of amides is 2. The van der Waals surface area contributed by atoms with Gasteiger partial charge in [-0.05, 0) is 57.0 Å². The Morgan fingerprint density at radius 1 is 0.882 bits per heavy atom. The van der Waals surface area contributed by atoms with E-state index >= 15 is 0 Å². The highest BCUT2D eigenvalue weighted by Crippen LogP contribution is 2.32. The maximum absolute atomic E-state index is 13.2. The summed E-state index contributed by atoms with van der Waals surface area (Å²) in [7, 11) is 0. The zero-order valence-corrected chi connectivity index (χ0v) is 19.6. The average molecular weight is 474 g/mol. The number of halogens is 3. The lowest BCUT2D eigenvalue weighted by Crippen LogP contribution is -2.53. The molecule has 2 aromatic rings. The number of carbonyl (C=O) groups is 2. The molecule has 0 spiro atoms. The maximum Gasteiger partial charge on any atom is 0.416 e. The van der Waals surface area contributed by atoms with E-state index in [0.29, 0.717) is 50.5 Å². The van der Waals surface area contributed by atoms with Crippen LogP contribution < -0.4 is 4.90 Å². The molecule has 2 aliphatic rings. The van der Waals surface area contributed by atoms with E-state index in [2.05, 4.69) is 0 Å². The van der Waals surface area contributed by atoms with Gasteiger partial charge in [-0.15, -0.1) is 0 Å². The van der Waals surface area contributed by atoms with Gasteiger partial charge in [0.15, 0.2) is 0 Å². The van der Waals surface area contributed by atoms with Crippen molar-refractivity contribution >= 4 is 17.5 Å². The highest BCUT2D eigenvalue weighted by atomic mass is 19.4. The van der Waals surface area contributed by atoms with Crippen molar-refractivity contribution in [1.82, 2.24) is 9.80 Å². The molecule has 2 fully saturated rings. The van der Waals surface area contributed by atoms with Gasteiger partial charge in [0.05, 0.1) is 11.5 Å². The van der Waals surface area contributed by atoms with Crippen molar-refractivity contribution in [3.05, 3.63) is 64.7 Å². The van der Waals surface area contributed by atoms with Crippen LogP contribution in [0.5, 0.6) is 0 Å². The van der Waals surface area contributed by atoms with Crippen LogP contribution >= 0.6 is 0 Å². The lowest BCUT2D eigenvalue weighted by molar-refractivity contribution is -0.138. The topological polar surface area (TPSA) is 43.9 Å². The number of carbonyl (C=O) groups excluding carboxylic acids is 2. The summed E-state index contributed by atoms with van der Waals surface area (Å²) in [6.07, 6.45) is -2.87. The molecule has 2 amide bonds. The normalized spacial score (nSPS) is 19.3. The zero-order chi connectivity index (χ0) is 24.5. The Bertz CT molecular complexity index is 1040. The number of piperazine rings is 1. The number of likely N-dealkylation sites (tertiary alicyclic amines) is 1. The molecule has 0 N–H and O–H groups in total. The van der Waals surface area contributed by atoms with E-state index < -0.39 is 11.7 Å². The first-order valence-corrected chi connectivity index (χ1v) is 11.7. The van der Waals surface area contributed by atoms with Crippen LogP contribution in [0.15, 0.2) is 42.5 Å². The van der Waals surface area contributed by atoms with Gasteiger partial charge in [0, 0.05) is 50.5 Å². The van der Waals surface area contributed by atoms with Crippen molar-refractivity contribution in [2.24, 2.45) is 5.92 Å². The van der Waals surface area contributed by atoms with Gasteiger partial charge in [0.2, 0.25) is 5.91 Å². The lowest BCUT2D eigenvalue weighted by atomic mass is 9.95. The molecule has 0 aliphatic carbocycles. The number of rotatable bonds is 3. The summed E-state index contributed by atoms with van der Waals surface area (Å²) in [6, 6.07) is 11.1. The van der Waals surface area contributed by atoms with Crippen molar-refractivity contribution in [3.8, 4) is 0 Å². The van der Waals surface area contributed by atoms with Gasteiger partial charge >= 0.3 is 6.18 Å². The van der Waals surface area contributed by atoms with E-state index in [1.54, 1.807) is 15.9 Å². The SMILES string of the molecule is Cc1cc(C)cc(C(=O)N2CCCC(C(=O)N3CCN(c4cccc(C(F)(F)F)c4)CC3)C2)c1. The molecular formula is C26H30F3N3O2. The highest BCUT2D eigenvalue weighted by molar-refractivity contribution is 5.95. The molecule has 8 heteroatoms. The Labute approximate surface area is 198 Å². The Hall–Kier alpha value is -3.03. The Kier molecular flexibility index (Phi) is 6.86. The molecule has 2 aliphatic heterocycles. The average Bonchev–Trinajstić information content (AvgIpc) is 2.82. The molecule has 0 radical (unpaired) electrons. The van der Waals surface area contributed by atoms with Gasteiger partial charge in [-0.25, -0.2) is 0 Å². The van der Waals surface area contributed by atoms with Crippen LogP contribution in [0.1, 0.15) is 39.9 Å². The monoisotopic (exact) mass is 473 g/mol. The minimum Gasteiger partial charge on any atom is -0.368 e. The highest BCUT2D eigenvalue weighted by Gasteiger charge is 2.34. The quantitative estimate of drug-likeness (QED) is 0.658. The van der Waals surface area contributed by atoms with Crippen LogP contribution in [0.4, 0.5) is 18.9 Å². The van der Waals surface area contributed by atoms with Gasteiger partial charge in [0.25, 0.3) is 5.91 Å². The summed E-state index contributed by atoms with van der Waals surface area (Å²) < 4.78 is 39.1. The third-order valence-corrected chi connectivity index (χ3v) is 6.66. The number of aryl methyl sites for hydroxylation is 2. The predicted octanol–water partition coefficient (Wildman–Crippen LogP) is 4.52. The molecule has 0 saturated carbocycles. The molecular weight excluding hydrogens is 443 g/mol. The molecule has 34 heavy (non-hydrogen) atoms. The standard InChI is InChI=1S/C26H30F3N3O2/c1-18-13-19(2)15-21(14-18)25(34)32-8-4-5-20(17-32)24(33)31-11-9-30(10-12-31)23-7-3-6-22(16-23)26(27,28)29/h3,6-7,13-16,20H,4-5,8-12,17H2,1-2H3. The largest absolute Gasteiger partial charge is 0.416 e.